The van der Waals surface area contributed by atoms with Gasteiger partial charge in [-0.1, -0.05) is 0 Å². The molecule has 1 N–H and O–H groups in total. The highest BCUT2D eigenvalue weighted by Crippen LogP contribution is 2.45. The van der Waals surface area contributed by atoms with Crippen molar-refractivity contribution in [3.05, 3.63) is 0 Å². The number of nitrogens with one attached hydrogen (secondary N) is 1. The van der Waals surface area contributed by atoms with Crippen LogP contribution in [0.3, 0.4) is 0 Å². The number of carbonyl (C=O) groups excluding carboxylic acids is 1. The topological polar surface area (TPSA) is 29.1 Å². The molecule has 0 radical (unpaired) electrons. The van der Waals surface area contributed by atoms with Gasteiger partial charge in [0.25, 0.3) is 0 Å². The molecule has 1 saturated carbocycles. The molecule has 2 heteroatoms. The van der Waals surface area contributed by atoms with Crippen molar-refractivity contribution < 1.29 is 4.79 Å². The summed E-state index contributed by atoms with van der Waals surface area (Å²) in [7, 11) is 0. The highest BCUT2D eigenvalue weighted by atomic mass is 16.1. The van der Waals surface area contributed by atoms with Crippen molar-refractivity contribution in [1.82, 2.24) is 5.32 Å². The zero-order chi connectivity index (χ0) is 6.43. The van der Waals surface area contributed by atoms with Crippen LogP contribution in [-0.2, 0) is 4.79 Å². The van der Waals surface area contributed by atoms with Gasteiger partial charge in [0.1, 0.15) is 5.78 Å². The van der Waals surface area contributed by atoms with Crippen LogP contribution in [0.4, 0.5) is 0 Å². The maximum atomic E-state index is 10.8. The number of hydrogen-bond donors (Lipinski definition) is 1. The summed E-state index contributed by atoms with van der Waals surface area (Å²) in [6.45, 7) is 2.82. The highest BCUT2D eigenvalue weighted by molar-refractivity contribution is 5.83. The Labute approximate surface area is 54.6 Å². The number of rotatable bonds is 1. The summed E-state index contributed by atoms with van der Waals surface area (Å²) in [5.41, 5.74) is 0. The van der Waals surface area contributed by atoms with Gasteiger partial charge in [0, 0.05) is 12.0 Å². The number of Topliss-reactive ketones (excluding diaryl/α,β-unsaturated/α-hetero) is 1. The first-order valence-corrected chi connectivity index (χ1v) is 3.54. The Hall–Kier alpha value is -0.370. The second-order valence-electron chi connectivity index (χ2n) is 3.07. The summed E-state index contributed by atoms with van der Waals surface area (Å²) in [5, 5.41) is 3.30. The van der Waals surface area contributed by atoms with E-state index in [2.05, 4.69) is 5.32 Å². The van der Waals surface area contributed by atoms with E-state index in [-0.39, 0.29) is 0 Å². The minimum Gasteiger partial charge on any atom is -0.313 e. The number of carbonyl (C=O) groups is 1. The van der Waals surface area contributed by atoms with Crippen LogP contribution in [-0.4, -0.2) is 18.4 Å². The molecule has 2 rings (SSSR count). The van der Waals surface area contributed by atoms with E-state index in [0.717, 1.165) is 6.54 Å². The molecule has 0 spiro atoms. The van der Waals surface area contributed by atoms with Gasteiger partial charge in [-0.3, -0.25) is 4.79 Å². The molecular weight excluding hydrogens is 114 g/mol. The van der Waals surface area contributed by atoms with Crippen LogP contribution in [0.2, 0.25) is 0 Å². The molecular formula is C7H11NO. The van der Waals surface area contributed by atoms with E-state index in [1.54, 1.807) is 6.92 Å². The molecule has 2 fully saturated rings. The lowest BCUT2D eigenvalue weighted by atomic mass is 10.2. The van der Waals surface area contributed by atoms with E-state index in [4.69, 9.17) is 0 Å². The van der Waals surface area contributed by atoms with Gasteiger partial charge in [-0.05, 0) is 25.8 Å². The van der Waals surface area contributed by atoms with Crippen molar-refractivity contribution in [3.63, 3.8) is 0 Å². The molecule has 50 valence electrons. The smallest absolute Gasteiger partial charge is 0.134 e. The first-order chi connectivity index (χ1) is 4.30. The van der Waals surface area contributed by atoms with Gasteiger partial charge in [-0.2, -0.15) is 0 Å². The average Bonchev–Trinajstić information content (AvgIpc) is 2.30. The number of fused-ring (bicyclic) bond motifs is 1. The quantitative estimate of drug-likeness (QED) is 0.541. The fourth-order valence-electron chi connectivity index (χ4n) is 1.98. The van der Waals surface area contributed by atoms with Gasteiger partial charge < -0.3 is 5.32 Å². The van der Waals surface area contributed by atoms with Crippen LogP contribution < -0.4 is 5.32 Å². The first kappa shape index (κ1) is 5.42. The van der Waals surface area contributed by atoms with Gasteiger partial charge in [0.2, 0.25) is 0 Å². The average molecular weight is 125 g/mol. The molecule has 0 bridgehead atoms. The summed E-state index contributed by atoms with van der Waals surface area (Å²) in [6.07, 6.45) is 1.22. The summed E-state index contributed by atoms with van der Waals surface area (Å²) >= 11 is 0. The SMILES string of the molecule is CC(=O)C1[C@H]2CCN[C@@H]12. The van der Waals surface area contributed by atoms with Crippen LogP contribution in [0.1, 0.15) is 13.3 Å². The van der Waals surface area contributed by atoms with Gasteiger partial charge >= 0.3 is 0 Å². The third kappa shape index (κ3) is 0.628. The Morgan fingerprint density at radius 3 is 2.78 bits per heavy atom. The monoisotopic (exact) mass is 125 g/mol. The fourth-order valence-corrected chi connectivity index (χ4v) is 1.98. The number of hydrogen-bond acceptors (Lipinski definition) is 2. The zero-order valence-electron chi connectivity index (χ0n) is 5.55. The van der Waals surface area contributed by atoms with Crippen LogP contribution >= 0.6 is 0 Å². The maximum Gasteiger partial charge on any atom is 0.134 e. The third-order valence-electron chi connectivity index (χ3n) is 2.50. The molecule has 9 heavy (non-hydrogen) atoms. The summed E-state index contributed by atoms with van der Waals surface area (Å²) in [5.74, 6) is 1.47. The van der Waals surface area contributed by atoms with Crippen LogP contribution in [0.25, 0.3) is 0 Å². The summed E-state index contributed by atoms with van der Waals surface area (Å²) < 4.78 is 0. The molecule has 1 aliphatic carbocycles. The van der Waals surface area contributed by atoms with E-state index in [9.17, 15) is 4.79 Å². The molecule has 0 aromatic rings. The molecule has 1 aliphatic heterocycles. The standard InChI is InChI=1S/C7H11NO/c1-4(9)6-5-2-3-8-7(5)6/h5-8H,2-3H2,1H3/t5-,6?,7-/m1/s1. The summed E-state index contributed by atoms with van der Waals surface area (Å²) in [4.78, 5) is 10.8. The molecule has 0 aromatic carbocycles. The van der Waals surface area contributed by atoms with Crippen molar-refractivity contribution in [1.29, 1.82) is 0 Å². The van der Waals surface area contributed by atoms with Crippen molar-refractivity contribution in [2.24, 2.45) is 11.8 Å². The third-order valence-corrected chi connectivity index (χ3v) is 2.50. The Balaban J connectivity index is 2.02. The molecule has 2 nitrogen and oxygen atoms in total. The van der Waals surface area contributed by atoms with E-state index in [0.29, 0.717) is 23.7 Å². The van der Waals surface area contributed by atoms with Crippen molar-refractivity contribution in [2.75, 3.05) is 6.54 Å². The van der Waals surface area contributed by atoms with Crippen molar-refractivity contribution in [2.45, 2.75) is 19.4 Å². The molecule has 3 atom stereocenters. The molecule has 0 amide bonds. The van der Waals surface area contributed by atoms with E-state index in [1.165, 1.54) is 6.42 Å². The predicted octanol–water partition coefficient (Wildman–Crippen LogP) is 0.183. The lowest BCUT2D eigenvalue weighted by molar-refractivity contribution is -0.118. The lowest BCUT2D eigenvalue weighted by Crippen LogP contribution is -2.17. The normalized spacial score (nSPS) is 46.6. The second kappa shape index (κ2) is 1.57. The Bertz CT molecular complexity index is 145. The van der Waals surface area contributed by atoms with Crippen molar-refractivity contribution in [3.8, 4) is 0 Å². The van der Waals surface area contributed by atoms with Gasteiger partial charge in [-0.25, -0.2) is 0 Å². The molecule has 1 heterocycles. The molecule has 2 aliphatic rings. The van der Waals surface area contributed by atoms with Crippen molar-refractivity contribution >= 4 is 5.78 Å². The minimum absolute atomic E-state index is 0.372. The van der Waals surface area contributed by atoms with Crippen LogP contribution in [0, 0.1) is 11.8 Å². The molecule has 1 unspecified atom stereocenters. The highest BCUT2D eigenvalue weighted by Gasteiger charge is 2.55. The zero-order valence-corrected chi connectivity index (χ0v) is 5.55. The summed E-state index contributed by atoms with van der Waals surface area (Å²) in [6, 6.07) is 0.572. The van der Waals surface area contributed by atoms with E-state index in [1.807, 2.05) is 0 Å². The minimum atomic E-state index is 0.372. The van der Waals surface area contributed by atoms with Crippen LogP contribution in [0.5, 0.6) is 0 Å². The maximum absolute atomic E-state index is 10.8. The Kier molecular flexibility index (Phi) is 0.943. The first-order valence-electron chi connectivity index (χ1n) is 3.54. The fraction of sp³-hybridized carbons (Fsp3) is 0.857. The van der Waals surface area contributed by atoms with Crippen LogP contribution in [0.15, 0.2) is 0 Å². The second-order valence-corrected chi connectivity index (χ2v) is 3.07. The van der Waals surface area contributed by atoms with Gasteiger partial charge in [-0.15, -0.1) is 0 Å². The predicted molar refractivity (Wildman–Crippen MR) is 34.1 cm³/mol. The van der Waals surface area contributed by atoms with Gasteiger partial charge in [0.15, 0.2) is 0 Å². The van der Waals surface area contributed by atoms with Gasteiger partial charge in [0.05, 0.1) is 0 Å². The largest absolute Gasteiger partial charge is 0.313 e. The molecule has 1 saturated heterocycles. The van der Waals surface area contributed by atoms with E-state index >= 15 is 0 Å². The molecule has 0 aromatic heterocycles. The number of ketones is 1. The Morgan fingerprint density at radius 2 is 2.44 bits per heavy atom. The Morgan fingerprint density at radius 1 is 1.67 bits per heavy atom. The number of piperidine rings is 1. The van der Waals surface area contributed by atoms with E-state index < -0.39 is 0 Å². The lowest BCUT2D eigenvalue weighted by Gasteiger charge is -1.96.